The first-order chi connectivity index (χ1) is 13.2. The van der Waals surface area contributed by atoms with Gasteiger partial charge >= 0.3 is 0 Å². The topological polar surface area (TPSA) is 63.5 Å². The van der Waals surface area contributed by atoms with Crippen molar-refractivity contribution in [3.8, 4) is 11.4 Å². The average molecular weight is 369 g/mol. The van der Waals surface area contributed by atoms with Crippen LogP contribution in [-0.4, -0.2) is 65.0 Å². The Kier molecular flexibility index (Phi) is 5.38. The summed E-state index contributed by atoms with van der Waals surface area (Å²) in [6.45, 7) is 4.83. The SMILES string of the molecule is Cn1nc(-c2ccc(C(=O)N3CCCCCC3)cc2)nc1N1CCOCC1. The summed E-state index contributed by atoms with van der Waals surface area (Å²) < 4.78 is 7.23. The molecule has 4 rings (SSSR count). The van der Waals surface area contributed by atoms with Crippen LogP contribution in [0.5, 0.6) is 0 Å². The first-order valence-electron chi connectivity index (χ1n) is 9.86. The fourth-order valence-electron chi connectivity index (χ4n) is 3.76. The largest absolute Gasteiger partial charge is 0.378 e. The Labute approximate surface area is 159 Å². The third kappa shape index (κ3) is 3.98. The first kappa shape index (κ1) is 18.0. The second kappa shape index (κ2) is 8.08. The summed E-state index contributed by atoms with van der Waals surface area (Å²) >= 11 is 0. The van der Waals surface area contributed by atoms with Crippen molar-refractivity contribution in [2.75, 3.05) is 44.3 Å². The van der Waals surface area contributed by atoms with E-state index in [1.54, 1.807) is 0 Å². The minimum absolute atomic E-state index is 0.131. The summed E-state index contributed by atoms with van der Waals surface area (Å²) in [6, 6.07) is 7.69. The number of aromatic nitrogens is 3. The molecule has 2 aromatic rings. The van der Waals surface area contributed by atoms with Gasteiger partial charge in [-0.3, -0.25) is 4.79 Å². The van der Waals surface area contributed by atoms with Gasteiger partial charge in [0.25, 0.3) is 5.91 Å². The predicted octanol–water partition coefficient (Wildman–Crippen LogP) is 2.33. The van der Waals surface area contributed by atoms with E-state index >= 15 is 0 Å². The number of amides is 1. The summed E-state index contributed by atoms with van der Waals surface area (Å²) in [5.41, 5.74) is 1.67. The molecule has 2 fully saturated rings. The van der Waals surface area contributed by atoms with Crippen LogP contribution in [0.25, 0.3) is 11.4 Å². The van der Waals surface area contributed by atoms with Gasteiger partial charge in [0.15, 0.2) is 5.82 Å². The van der Waals surface area contributed by atoms with E-state index in [9.17, 15) is 4.79 Å². The van der Waals surface area contributed by atoms with Crippen molar-refractivity contribution < 1.29 is 9.53 Å². The average Bonchev–Trinajstić information content (AvgIpc) is 2.92. The number of morpholine rings is 1. The lowest BCUT2D eigenvalue weighted by Crippen LogP contribution is -2.37. The third-order valence-corrected chi connectivity index (χ3v) is 5.32. The summed E-state index contributed by atoms with van der Waals surface area (Å²) in [5, 5.41) is 4.56. The van der Waals surface area contributed by atoms with E-state index in [-0.39, 0.29) is 5.91 Å². The maximum absolute atomic E-state index is 12.7. The number of hydrogen-bond acceptors (Lipinski definition) is 5. The quantitative estimate of drug-likeness (QED) is 0.831. The number of ether oxygens (including phenoxy) is 1. The van der Waals surface area contributed by atoms with Crippen molar-refractivity contribution in [3.05, 3.63) is 29.8 Å². The molecule has 0 radical (unpaired) electrons. The number of anilines is 1. The molecular weight excluding hydrogens is 342 g/mol. The van der Waals surface area contributed by atoms with Crippen LogP contribution in [0.4, 0.5) is 5.95 Å². The Hall–Kier alpha value is -2.41. The highest BCUT2D eigenvalue weighted by atomic mass is 16.5. The van der Waals surface area contributed by atoms with Gasteiger partial charge in [-0.15, -0.1) is 5.10 Å². The number of rotatable bonds is 3. The molecule has 1 aromatic heterocycles. The summed E-state index contributed by atoms with van der Waals surface area (Å²) in [7, 11) is 1.92. The Morgan fingerprint density at radius 1 is 0.963 bits per heavy atom. The smallest absolute Gasteiger partial charge is 0.253 e. The molecule has 0 atom stereocenters. The number of nitrogens with zero attached hydrogens (tertiary/aromatic N) is 5. The van der Waals surface area contributed by atoms with E-state index in [0.717, 1.165) is 69.3 Å². The normalized spacial score (nSPS) is 18.4. The summed E-state index contributed by atoms with van der Waals surface area (Å²) in [5.74, 6) is 1.68. The minimum Gasteiger partial charge on any atom is -0.378 e. The van der Waals surface area contributed by atoms with Gasteiger partial charge in [0.2, 0.25) is 5.95 Å². The van der Waals surface area contributed by atoms with Crippen LogP contribution >= 0.6 is 0 Å². The molecule has 0 unspecified atom stereocenters. The van der Waals surface area contributed by atoms with E-state index in [2.05, 4.69) is 10.00 Å². The Morgan fingerprint density at radius 3 is 2.30 bits per heavy atom. The molecule has 0 spiro atoms. The van der Waals surface area contributed by atoms with Crippen molar-refractivity contribution in [2.24, 2.45) is 7.05 Å². The molecule has 0 saturated carbocycles. The van der Waals surface area contributed by atoms with Crippen LogP contribution in [-0.2, 0) is 11.8 Å². The molecule has 7 nitrogen and oxygen atoms in total. The molecule has 2 aliphatic rings. The van der Waals surface area contributed by atoms with Crippen LogP contribution in [0, 0.1) is 0 Å². The lowest BCUT2D eigenvalue weighted by Gasteiger charge is -2.26. The molecule has 1 amide bonds. The lowest BCUT2D eigenvalue weighted by molar-refractivity contribution is 0.0761. The molecule has 7 heteroatoms. The highest BCUT2D eigenvalue weighted by molar-refractivity contribution is 5.94. The molecule has 0 aliphatic carbocycles. The number of benzene rings is 1. The molecule has 27 heavy (non-hydrogen) atoms. The van der Waals surface area contributed by atoms with Gasteiger partial charge < -0.3 is 14.5 Å². The molecule has 1 aromatic carbocycles. The van der Waals surface area contributed by atoms with Gasteiger partial charge in [-0.05, 0) is 25.0 Å². The van der Waals surface area contributed by atoms with Crippen LogP contribution < -0.4 is 4.90 Å². The summed E-state index contributed by atoms with van der Waals surface area (Å²) in [6.07, 6.45) is 4.65. The molecule has 2 saturated heterocycles. The summed E-state index contributed by atoms with van der Waals surface area (Å²) in [4.78, 5) is 21.6. The molecule has 2 aliphatic heterocycles. The maximum Gasteiger partial charge on any atom is 0.253 e. The zero-order chi connectivity index (χ0) is 18.6. The van der Waals surface area contributed by atoms with Crippen molar-refractivity contribution in [1.29, 1.82) is 0 Å². The molecule has 144 valence electrons. The number of likely N-dealkylation sites (tertiary alicyclic amines) is 1. The monoisotopic (exact) mass is 369 g/mol. The van der Waals surface area contributed by atoms with Gasteiger partial charge in [0, 0.05) is 44.4 Å². The van der Waals surface area contributed by atoms with Gasteiger partial charge in [-0.25, -0.2) is 4.68 Å². The predicted molar refractivity (Wildman–Crippen MR) is 104 cm³/mol. The second-order valence-electron chi connectivity index (χ2n) is 7.24. The van der Waals surface area contributed by atoms with Crippen molar-refractivity contribution in [1.82, 2.24) is 19.7 Å². The Bertz CT molecular complexity index is 772. The third-order valence-electron chi connectivity index (χ3n) is 5.32. The van der Waals surface area contributed by atoms with Crippen molar-refractivity contribution in [2.45, 2.75) is 25.7 Å². The van der Waals surface area contributed by atoms with Crippen LogP contribution in [0.15, 0.2) is 24.3 Å². The Morgan fingerprint density at radius 2 is 1.63 bits per heavy atom. The number of hydrogen-bond donors (Lipinski definition) is 0. The van der Waals surface area contributed by atoms with Crippen LogP contribution in [0.2, 0.25) is 0 Å². The highest BCUT2D eigenvalue weighted by Crippen LogP contribution is 2.22. The van der Waals surface area contributed by atoms with E-state index in [1.165, 1.54) is 12.8 Å². The number of carbonyl (C=O) groups is 1. The van der Waals surface area contributed by atoms with Gasteiger partial charge in [-0.1, -0.05) is 25.0 Å². The zero-order valence-corrected chi connectivity index (χ0v) is 15.9. The van der Waals surface area contributed by atoms with E-state index in [4.69, 9.17) is 9.72 Å². The van der Waals surface area contributed by atoms with Crippen molar-refractivity contribution in [3.63, 3.8) is 0 Å². The lowest BCUT2D eigenvalue weighted by atomic mass is 10.1. The number of carbonyl (C=O) groups excluding carboxylic acids is 1. The van der Waals surface area contributed by atoms with E-state index in [1.807, 2.05) is 40.9 Å². The van der Waals surface area contributed by atoms with Gasteiger partial charge in [-0.2, -0.15) is 4.98 Å². The molecule has 3 heterocycles. The fraction of sp³-hybridized carbons (Fsp3) is 0.550. The minimum atomic E-state index is 0.131. The molecule has 0 N–H and O–H groups in total. The highest BCUT2D eigenvalue weighted by Gasteiger charge is 2.20. The zero-order valence-electron chi connectivity index (χ0n) is 15.9. The van der Waals surface area contributed by atoms with E-state index < -0.39 is 0 Å². The van der Waals surface area contributed by atoms with Gasteiger partial charge in [0.1, 0.15) is 0 Å². The first-order valence-corrected chi connectivity index (χ1v) is 9.86. The molecular formula is C20H27N5O2. The standard InChI is InChI=1S/C20H27N5O2/c1-23-20(25-12-14-27-15-13-25)21-18(22-23)16-6-8-17(9-7-16)19(26)24-10-4-2-3-5-11-24/h6-9H,2-5,10-15H2,1H3. The Balaban J connectivity index is 1.49. The van der Waals surface area contributed by atoms with E-state index in [0.29, 0.717) is 5.82 Å². The molecule has 0 bridgehead atoms. The van der Waals surface area contributed by atoms with Gasteiger partial charge in [0.05, 0.1) is 13.2 Å². The second-order valence-corrected chi connectivity index (χ2v) is 7.24. The van der Waals surface area contributed by atoms with Crippen LogP contribution in [0.3, 0.4) is 0 Å². The number of aryl methyl sites for hydroxylation is 1. The fourth-order valence-corrected chi connectivity index (χ4v) is 3.76. The van der Waals surface area contributed by atoms with Crippen molar-refractivity contribution >= 4 is 11.9 Å². The van der Waals surface area contributed by atoms with Crippen LogP contribution in [0.1, 0.15) is 36.0 Å². The maximum atomic E-state index is 12.7.